The summed E-state index contributed by atoms with van der Waals surface area (Å²) in [6.45, 7) is 0. The molecule has 0 saturated heterocycles. The highest BCUT2D eigenvalue weighted by Crippen LogP contribution is 2.31. The van der Waals surface area contributed by atoms with Crippen LogP contribution in [0.3, 0.4) is 0 Å². The standard InChI is InChI=1S/C12H7BrClFN2O2/c13-7-1-4-11(12(5-7)17(18)19)16-8-2-3-10(15)9(14)6-8/h1-6,16H. The average molecular weight is 346 g/mol. The second-order valence-corrected chi connectivity index (χ2v) is 5.00. The predicted octanol–water partition coefficient (Wildman–Crippen LogP) is 4.89. The van der Waals surface area contributed by atoms with E-state index in [9.17, 15) is 14.5 Å². The Kier molecular flexibility index (Phi) is 4.01. The molecule has 4 nitrogen and oxygen atoms in total. The van der Waals surface area contributed by atoms with Crippen molar-refractivity contribution in [2.75, 3.05) is 5.32 Å². The van der Waals surface area contributed by atoms with E-state index in [4.69, 9.17) is 11.6 Å². The second-order valence-electron chi connectivity index (χ2n) is 3.67. The Hall–Kier alpha value is -1.66. The van der Waals surface area contributed by atoms with Crippen molar-refractivity contribution in [2.24, 2.45) is 0 Å². The Morgan fingerprint density at radius 2 is 2.00 bits per heavy atom. The summed E-state index contributed by atoms with van der Waals surface area (Å²) >= 11 is 8.82. The fraction of sp³-hybridized carbons (Fsp3) is 0. The molecule has 19 heavy (non-hydrogen) atoms. The van der Waals surface area contributed by atoms with Gasteiger partial charge in [0.1, 0.15) is 11.5 Å². The first-order valence-corrected chi connectivity index (χ1v) is 6.30. The molecule has 98 valence electrons. The number of nitrogens with one attached hydrogen (secondary N) is 1. The molecule has 0 amide bonds. The van der Waals surface area contributed by atoms with Crippen LogP contribution in [0.4, 0.5) is 21.5 Å². The molecule has 0 saturated carbocycles. The maximum absolute atomic E-state index is 13.0. The minimum atomic E-state index is -0.544. The smallest absolute Gasteiger partial charge is 0.293 e. The zero-order chi connectivity index (χ0) is 14.0. The van der Waals surface area contributed by atoms with E-state index in [0.717, 1.165) is 0 Å². The molecule has 0 aliphatic rings. The summed E-state index contributed by atoms with van der Waals surface area (Å²) in [7, 11) is 0. The summed E-state index contributed by atoms with van der Waals surface area (Å²) in [6, 6.07) is 8.61. The molecule has 0 atom stereocenters. The molecular weight excluding hydrogens is 338 g/mol. The topological polar surface area (TPSA) is 55.2 Å². The summed E-state index contributed by atoms with van der Waals surface area (Å²) in [5, 5.41) is 13.7. The molecule has 0 aromatic heterocycles. The molecular formula is C12H7BrClFN2O2. The van der Waals surface area contributed by atoms with Crippen LogP contribution in [0.5, 0.6) is 0 Å². The summed E-state index contributed by atoms with van der Waals surface area (Å²) < 4.78 is 13.6. The normalized spacial score (nSPS) is 10.3. The third-order valence-electron chi connectivity index (χ3n) is 2.36. The van der Waals surface area contributed by atoms with Gasteiger partial charge in [0, 0.05) is 16.2 Å². The van der Waals surface area contributed by atoms with E-state index in [0.29, 0.717) is 15.8 Å². The van der Waals surface area contributed by atoms with Crippen molar-refractivity contribution in [3.63, 3.8) is 0 Å². The van der Waals surface area contributed by atoms with Crippen molar-refractivity contribution in [3.8, 4) is 0 Å². The number of benzene rings is 2. The largest absolute Gasteiger partial charge is 0.350 e. The number of anilines is 2. The summed E-state index contributed by atoms with van der Waals surface area (Å²) in [5.41, 5.74) is 0.683. The number of halogens is 3. The van der Waals surface area contributed by atoms with Gasteiger partial charge in [-0.3, -0.25) is 10.1 Å². The number of nitrogens with zero attached hydrogens (tertiary/aromatic N) is 1. The maximum Gasteiger partial charge on any atom is 0.293 e. The Morgan fingerprint density at radius 3 is 2.63 bits per heavy atom. The number of rotatable bonds is 3. The number of nitro benzene ring substituents is 1. The van der Waals surface area contributed by atoms with Gasteiger partial charge in [-0.2, -0.15) is 0 Å². The van der Waals surface area contributed by atoms with Crippen LogP contribution in [0, 0.1) is 15.9 Å². The zero-order valence-electron chi connectivity index (χ0n) is 9.36. The molecule has 0 fully saturated rings. The van der Waals surface area contributed by atoms with Crippen LogP contribution < -0.4 is 5.32 Å². The van der Waals surface area contributed by atoms with Gasteiger partial charge in [-0.1, -0.05) is 27.5 Å². The highest BCUT2D eigenvalue weighted by atomic mass is 79.9. The van der Waals surface area contributed by atoms with Crippen molar-refractivity contribution in [1.82, 2.24) is 0 Å². The quantitative estimate of drug-likeness (QED) is 0.636. The third kappa shape index (κ3) is 3.21. The lowest BCUT2D eigenvalue weighted by Gasteiger charge is -2.08. The first-order valence-electron chi connectivity index (χ1n) is 5.13. The molecule has 0 heterocycles. The van der Waals surface area contributed by atoms with Gasteiger partial charge < -0.3 is 5.32 Å². The van der Waals surface area contributed by atoms with E-state index >= 15 is 0 Å². The van der Waals surface area contributed by atoms with Gasteiger partial charge in [0.05, 0.1) is 9.95 Å². The lowest BCUT2D eigenvalue weighted by atomic mass is 10.2. The Bertz CT molecular complexity index is 652. The van der Waals surface area contributed by atoms with E-state index in [1.165, 1.54) is 24.3 Å². The molecule has 0 unspecified atom stereocenters. The van der Waals surface area contributed by atoms with Crippen LogP contribution in [0.15, 0.2) is 40.9 Å². The van der Waals surface area contributed by atoms with Crippen molar-refractivity contribution in [3.05, 3.63) is 61.8 Å². The molecule has 0 aliphatic heterocycles. The molecule has 2 aromatic carbocycles. The summed E-state index contributed by atoms with van der Waals surface area (Å²) in [4.78, 5) is 10.4. The van der Waals surface area contributed by atoms with Gasteiger partial charge >= 0.3 is 0 Å². The van der Waals surface area contributed by atoms with E-state index in [-0.39, 0.29) is 10.7 Å². The fourth-order valence-corrected chi connectivity index (χ4v) is 2.02. The van der Waals surface area contributed by atoms with Gasteiger partial charge in [-0.15, -0.1) is 0 Å². The van der Waals surface area contributed by atoms with Crippen LogP contribution in [0.1, 0.15) is 0 Å². The van der Waals surface area contributed by atoms with Crippen molar-refractivity contribution in [1.29, 1.82) is 0 Å². The van der Waals surface area contributed by atoms with E-state index in [1.807, 2.05) is 0 Å². The molecule has 0 spiro atoms. The molecule has 0 radical (unpaired) electrons. The molecule has 2 rings (SSSR count). The van der Waals surface area contributed by atoms with Crippen LogP contribution in [-0.4, -0.2) is 4.92 Å². The summed E-state index contributed by atoms with van der Waals surface area (Å²) in [6.07, 6.45) is 0. The lowest BCUT2D eigenvalue weighted by molar-refractivity contribution is -0.384. The SMILES string of the molecule is O=[N+]([O-])c1cc(Br)ccc1Nc1ccc(F)c(Cl)c1. The highest BCUT2D eigenvalue weighted by Gasteiger charge is 2.14. The monoisotopic (exact) mass is 344 g/mol. The molecule has 7 heteroatoms. The predicted molar refractivity (Wildman–Crippen MR) is 75.5 cm³/mol. The maximum atomic E-state index is 13.0. The van der Waals surface area contributed by atoms with Gasteiger partial charge in [-0.25, -0.2) is 4.39 Å². The lowest BCUT2D eigenvalue weighted by Crippen LogP contribution is -1.97. The average Bonchev–Trinajstić information content (AvgIpc) is 2.36. The Balaban J connectivity index is 2.37. The number of nitro groups is 1. The highest BCUT2D eigenvalue weighted by molar-refractivity contribution is 9.10. The molecule has 0 aliphatic carbocycles. The molecule has 0 bridgehead atoms. The van der Waals surface area contributed by atoms with Gasteiger partial charge in [0.2, 0.25) is 0 Å². The van der Waals surface area contributed by atoms with E-state index in [1.54, 1.807) is 12.1 Å². The van der Waals surface area contributed by atoms with Crippen LogP contribution in [-0.2, 0) is 0 Å². The van der Waals surface area contributed by atoms with Gasteiger partial charge in [0.15, 0.2) is 0 Å². The Labute approximate surface area is 121 Å². The number of hydrogen-bond donors (Lipinski definition) is 1. The minimum Gasteiger partial charge on any atom is -0.350 e. The first-order chi connectivity index (χ1) is 8.97. The second kappa shape index (κ2) is 5.54. The van der Waals surface area contributed by atoms with Crippen LogP contribution in [0.25, 0.3) is 0 Å². The zero-order valence-corrected chi connectivity index (χ0v) is 11.7. The summed E-state index contributed by atoms with van der Waals surface area (Å²) in [5.74, 6) is -0.544. The van der Waals surface area contributed by atoms with E-state index < -0.39 is 10.7 Å². The van der Waals surface area contributed by atoms with Crippen LogP contribution in [0.2, 0.25) is 5.02 Å². The Morgan fingerprint density at radius 1 is 1.26 bits per heavy atom. The molecule has 1 N–H and O–H groups in total. The minimum absolute atomic E-state index is 0.0511. The van der Waals surface area contributed by atoms with Crippen molar-refractivity contribution < 1.29 is 9.31 Å². The van der Waals surface area contributed by atoms with Gasteiger partial charge in [-0.05, 0) is 30.3 Å². The fourth-order valence-electron chi connectivity index (χ4n) is 1.49. The third-order valence-corrected chi connectivity index (χ3v) is 3.14. The van der Waals surface area contributed by atoms with Gasteiger partial charge in [0.25, 0.3) is 5.69 Å². The first kappa shape index (κ1) is 13.8. The van der Waals surface area contributed by atoms with Crippen molar-refractivity contribution >= 4 is 44.6 Å². The number of hydrogen-bond acceptors (Lipinski definition) is 3. The van der Waals surface area contributed by atoms with E-state index in [2.05, 4.69) is 21.2 Å². The van der Waals surface area contributed by atoms with Crippen molar-refractivity contribution in [2.45, 2.75) is 0 Å². The molecule has 2 aromatic rings. The van der Waals surface area contributed by atoms with Crippen LogP contribution >= 0.6 is 27.5 Å².